The zero-order valence-corrected chi connectivity index (χ0v) is 14.7. The van der Waals surface area contributed by atoms with Crippen LogP contribution in [0.1, 0.15) is 21.5 Å². The van der Waals surface area contributed by atoms with Crippen molar-refractivity contribution in [2.75, 3.05) is 13.1 Å². The number of halogens is 4. The minimum atomic E-state index is -1.12. The van der Waals surface area contributed by atoms with Gasteiger partial charge in [-0.05, 0) is 52.4 Å². The van der Waals surface area contributed by atoms with E-state index < -0.39 is 23.4 Å². The maximum Gasteiger partial charge on any atom is 0.254 e. The third-order valence-corrected chi connectivity index (χ3v) is 4.68. The molecule has 1 heterocycles. The summed E-state index contributed by atoms with van der Waals surface area (Å²) in [7, 11) is 0. The van der Waals surface area contributed by atoms with Crippen LogP contribution in [-0.4, -0.2) is 29.9 Å². The first kappa shape index (κ1) is 17.2. The molecule has 0 spiro atoms. The quantitative estimate of drug-likeness (QED) is 0.738. The van der Waals surface area contributed by atoms with Crippen LogP contribution >= 0.6 is 22.6 Å². The summed E-state index contributed by atoms with van der Waals surface area (Å²) in [5.74, 6) is -3.12. The van der Waals surface area contributed by atoms with E-state index in [0.29, 0.717) is 16.7 Å². The van der Waals surface area contributed by atoms with Gasteiger partial charge in [-0.1, -0.05) is 6.07 Å². The molecule has 24 heavy (non-hydrogen) atoms. The maximum atomic E-state index is 14.3. The van der Waals surface area contributed by atoms with Gasteiger partial charge in [-0.2, -0.15) is 0 Å². The van der Waals surface area contributed by atoms with Crippen molar-refractivity contribution in [2.24, 2.45) is 5.73 Å². The summed E-state index contributed by atoms with van der Waals surface area (Å²) in [5.41, 5.74) is 5.76. The molecule has 7 heteroatoms. The summed E-state index contributed by atoms with van der Waals surface area (Å²) >= 11 is 1.96. The molecule has 126 valence electrons. The van der Waals surface area contributed by atoms with Gasteiger partial charge in [-0.3, -0.25) is 4.79 Å². The van der Waals surface area contributed by atoms with E-state index in [1.165, 1.54) is 23.1 Å². The Bertz CT molecular complexity index is 807. The number of hydrogen-bond acceptors (Lipinski definition) is 2. The molecule has 0 unspecified atom stereocenters. The summed E-state index contributed by atoms with van der Waals surface area (Å²) in [6, 6.07) is 6.54. The third kappa shape index (κ3) is 3.27. The molecule has 0 bridgehead atoms. The van der Waals surface area contributed by atoms with Crippen molar-refractivity contribution in [1.29, 1.82) is 0 Å². The Morgan fingerprint density at radius 1 is 1.17 bits per heavy atom. The van der Waals surface area contributed by atoms with Gasteiger partial charge in [0.1, 0.15) is 5.82 Å². The number of carbonyl (C=O) groups excluding carboxylic acids is 1. The van der Waals surface area contributed by atoms with Crippen LogP contribution in [0.2, 0.25) is 0 Å². The Kier molecular flexibility index (Phi) is 4.82. The van der Waals surface area contributed by atoms with Gasteiger partial charge in [0.2, 0.25) is 0 Å². The first-order valence-electron chi connectivity index (χ1n) is 7.32. The van der Waals surface area contributed by atoms with Crippen molar-refractivity contribution in [3.8, 4) is 0 Å². The lowest BCUT2D eigenvalue weighted by Gasteiger charge is -2.37. The molecule has 0 radical (unpaired) electrons. The van der Waals surface area contributed by atoms with Crippen LogP contribution in [0.25, 0.3) is 0 Å². The first-order valence-corrected chi connectivity index (χ1v) is 8.40. The molecule has 0 aromatic heterocycles. The van der Waals surface area contributed by atoms with Gasteiger partial charge in [0.15, 0.2) is 11.6 Å². The molecular formula is C17H14F3IN2O. The second kappa shape index (κ2) is 6.72. The van der Waals surface area contributed by atoms with E-state index in [9.17, 15) is 18.0 Å². The molecular weight excluding hydrogens is 432 g/mol. The minimum absolute atomic E-state index is 0.0405. The number of benzene rings is 2. The Labute approximate surface area is 150 Å². The molecule has 2 aromatic rings. The molecule has 0 aliphatic carbocycles. The van der Waals surface area contributed by atoms with Crippen molar-refractivity contribution >= 4 is 28.5 Å². The molecule has 0 atom stereocenters. The van der Waals surface area contributed by atoms with Crippen molar-refractivity contribution in [3.05, 3.63) is 68.0 Å². The number of nitrogens with two attached hydrogens (primary N) is 1. The van der Waals surface area contributed by atoms with E-state index in [4.69, 9.17) is 5.73 Å². The average molecular weight is 446 g/mol. The number of amides is 1. The van der Waals surface area contributed by atoms with E-state index in [1.54, 1.807) is 6.07 Å². The molecule has 2 N–H and O–H groups in total. The highest BCUT2D eigenvalue weighted by Gasteiger charge is 2.31. The Morgan fingerprint density at radius 2 is 1.88 bits per heavy atom. The molecule has 1 aliphatic rings. The summed E-state index contributed by atoms with van der Waals surface area (Å²) in [4.78, 5) is 13.9. The molecule has 1 aliphatic heterocycles. The van der Waals surface area contributed by atoms with Gasteiger partial charge < -0.3 is 10.6 Å². The SMILES string of the molecule is NC1CN(C(=O)c2ccc(F)c(F)c2Cc2ccc(I)cc2F)C1. The van der Waals surface area contributed by atoms with Gasteiger partial charge in [0.25, 0.3) is 5.91 Å². The second-order valence-corrected chi connectivity index (χ2v) is 7.02. The van der Waals surface area contributed by atoms with Gasteiger partial charge in [-0.15, -0.1) is 0 Å². The summed E-state index contributed by atoms with van der Waals surface area (Å²) in [6.07, 6.45) is -0.201. The molecule has 0 saturated carbocycles. The van der Waals surface area contributed by atoms with E-state index in [-0.39, 0.29) is 29.2 Å². The Morgan fingerprint density at radius 3 is 2.50 bits per heavy atom. The lowest BCUT2D eigenvalue weighted by Crippen LogP contribution is -2.58. The summed E-state index contributed by atoms with van der Waals surface area (Å²) in [6.45, 7) is 0.740. The van der Waals surface area contributed by atoms with Crippen LogP contribution in [-0.2, 0) is 6.42 Å². The highest BCUT2D eigenvalue weighted by atomic mass is 127. The molecule has 2 aromatic carbocycles. The maximum absolute atomic E-state index is 14.3. The lowest BCUT2D eigenvalue weighted by atomic mass is 9.96. The number of likely N-dealkylation sites (tertiary alicyclic amines) is 1. The average Bonchev–Trinajstić information content (AvgIpc) is 2.50. The van der Waals surface area contributed by atoms with E-state index in [0.717, 1.165) is 6.07 Å². The number of nitrogens with zero attached hydrogens (tertiary/aromatic N) is 1. The largest absolute Gasteiger partial charge is 0.335 e. The highest BCUT2D eigenvalue weighted by molar-refractivity contribution is 14.1. The lowest BCUT2D eigenvalue weighted by molar-refractivity contribution is 0.0606. The standard InChI is InChI=1S/C17H14F3IN2O/c18-14-4-3-12(17(24)23-7-11(22)8-23)13(16(14)20)5-9-1-2-10(21)6-15(9)19/h1-4,6,11H,5,7-8,22H2. The molecule has 3 rings (SSSR count). The smallest absolute Gasteiger partial charge is 0.254 e. The minimum Gasteiger partial charge on any atom is -0.335 e. The fraction of sp³-hybridized carbons (Fsp3) is 0.235. The van der Waals surface area contributed by atoms with Crippen LogP contribution in [0.5, 0.6) is 0 Å². The topological polar surface area (TPSA) is 46.3 Å². The highest BCUT2D eigenvalue weighted by Crippen LogP contribution is 2.25. The van der Waals surface area contributed by atoms with Crippen LogP contribution in [0.15, 0.2) is 30.3 Å². The van der Waals surface area contributed by atoms with Crippen LogP contribution in [0, 0.1) is 21.0 Å². The number of hydrogen-bond donors (Lipinski definition) is 1. The number of rotatable bonds is 3. The Hall–Kier alpha value is -1.61. The zero-order chi connectivity index (χ0) is 17.4. The fourth-order valence-electron chi connectivity index (χ4n) is 2.67. The predicted molar refractivity (Wildman–Crippen MR) is 92.2 cm³/mol. The van der Waals surface area contributed by atoms with Crippen LogP contribution < -0.4 is 5.73 Å². The van der Waals surface area contributed by atoms with Gasteiger partial charge in [0, 0.05) is 40.2 Å². The Balaban J connectivity index is 1.99. The van der Waals surface area contributed by atoms with Crippen LogP contribution in [0.4, 0.5) is 13.2 Å². The van der Waals surface area contributed by atoms with Crippen molar-refractivity contribution in [3.63, 3.8) is 0 Å². The monoisotopic (exact) mass is 446 g/mol. The fourth-order valence-corrected chi connectivity index (χ4v) is 3.12. The molecule has 1 amide bonds. The second-order valence-electron chi connectivity index (χ2n) is 5.77. The van der Waals surface area contributed by atoms with Gasteiger partial charge in [0.05, 0.1) is 0 Å². The van der Waals surface area contributed by atoms with Gasteiger partial charge in [-0.25, -0.2) is 13.2 Å². The van der Waals surface area contributed by atoms with E-state index in [1.807, 2.05) is 22.6 Å². The van der Waals surface area contributed by atoms with Gasteiger partial charge >= 0.3 is 0 Å². The predicted octanol–water partition coefficient (Wildman–Crippen LogP) is 3.08. The van der Waals surface area contributed by atoms with Crippen molar-refractivity contribution in [1.82, 2.24) is 4.90 Å². The zero-order valence-electron chi connectivity index (χ0n) is 12.5. The normalized spacial score (nSPS) is 14.6. The van der Waals surface area contributed by atoms with Crippen molar-refractivity contribution in [2.45, 2.75) is 12.5 Å². The molecule has 1 fully saturated rings. The van der Waals surface area contributed by atoms with Crippen molar-refractivity contribution < 1.29 is 18.0 Å². The third-order valence-electron chi connectivity index (χ3n) is 4.01. The number of carbonyl (C=O) groups is 1. The summed E-state index contributed by atoms with van der Waals surface area (Å²) in [5, 5.41) is 0. The summed E-state index contributed by atoms with van der Waals surface area (Å²) < 4.78 is 42.7. The van der Waals surface area contributed by atoms with Crippen LogP contribution in [0.3, 0.4) is 0 Å². The first-order chi connectivity index (χ1) is 11.4. The molecule has 1 saturated heterocycles. The molecule has 3 nitrogen and oxygen atoms in total. The van der Waals surface area contributed by atoms with E-state index in [2.05, 4.69) is 0 Å². The van der Waals surface area contributed by atoms with E-state index >= 15 is 0 Å².